The van der Waals surface area contributed by atoms with Crippen molar-refractivity contribution in [3.63, 3.8) is 0 Å². The van der Waals surface area contributed by atoms with E-state index in [9.17, 15) is 4.79 Å². The number of unbranched alkanes of at least 4 members (excludes halogenated alkanes) is 5. The van der Waals surface area contributed by atoms with Gasteiger partial charge in [0.15, 0.2) is 5.80 Å². The van der Waals surface area contributed by atoms with Crippen LogP contribution in [0.2, 0.25) is 0 Å². The third-order valence-electron chi connectivity index (χ3n) is 2.80. The Labute approximate surface area is 147 Å². The van der Waals surface area contributed by atoms with Gasteiger partial charge in [0, 0.05) is 6.54 Å². The molecule has 0 aromatic rings. The molecule has 0 saturated carbocycles. The summed E-state index contributed by atoms with van der Waals surface area (Å²) < 4.78 is 0.513. The number of amides is 1. The van der Waals surface area contributed by atoms with Crippen LogP contribution >= 0.6 is 75.7 Å². The Balaban J connectivity index is 2.31. The van der Waals surface area contributed by atoms with Gasteiger partial charge in [0.05, 0.1) is 0 Å². The standard InChI is InChI=1S/C11H17Br4NOS/c1-2-3-4-5-6-7-8-16-9(17)10(12,13)11(14,15)18-16/h2-8H2,1H3. The Morgan fingerprint density at radius 3 is 2.11 bits per heavy atom. The molecule has 0 aliphatic carbocycles. The second-order valence-electron chi connectivity index (χ2n) is 4.36. The molecule has 1 heterocycles. The molecule has 0 unspecified atom stereocenters. The maximum absolute atomic E-state index is 12.2. The summed E-state index contributed by atoms with van der Waals surface area (Å²) in [7, 11) is 0. The highest BCUT2D eigenvalue weighted by Gasteiger charge is 2.60. The first-order valence-electron chi connectivity index (χ1n) is 6.09. The van der Waals surface area contributed by atoms with Crippen LogP contribution in [0.4, 0.5) is 0 Å². The molecule has 0 N–H and O–H groups in total. The van der Waals surface area contributed by atoms with Gasteiger partial charge in [-0.25, -0.2) is 0 Å². The largest absolute Gasteiger partial charge is 0.282 e. The van der Waals surface area contributed by atoms with Gasteiger partial charge in [-0.2, -0.15) is 0 Å². The molecular weight excluding hydrogens is 514 g/mol. The molecule has 106 valence electrons. The highest BCUT2D eigenvalue weighted by Crippen LogP contribution is 2.62. The molecule has 2 nitrogen and oxygen atoms in total. The smallest absolute Gasteiger partial charge is 0.263 e. The third-order valence-corrected chi connectivity index (χ3v) is 10.5. The van der Waals surface area contributed by atoms with Gasteiger partial charge in [0.2, 0.25) is 0 Å². The molecule has 1 aliphatic heterocycles. The summed E-state index contributed by atoms with van der Waals surface area (Å²) in [5, 5.41) is 0. The molecule has 0 radical (unpaired) electrons. The molecule has 7 heteroatoms. The second-order valence-corrected chi connectivity index (χ2v) is 13.5. The van der Waals surface area contributed by atoms with E-state index in [1.807, 2.05) is 4.31 Å². The first kappa shape index (κ1) is 17.8. The molecule has 0 atom stereocenters. The number of halogens is 4. The zero-order valence-electron chi connectivity index (χ0n) is 10.2. The van der Waals surface area contributed by atoms with Gasteiger partial charge in [-0.05, 0) is 18.4 Å². The van der Waals surface area contributed by atoms with Crippen LogP contribution in [0.15, 0.2) is 0 Å². The number of hydrogen-bond donors (Lipinski definition) is 0. The van der Waals surface area contributed by atoms with Gasteiger partial charge in [-0.3, -0.25) is 9.10 Å². The fourth-order valence-corrected chi connectivity index (χ4v) is 5.11. The molecule has 1 amide bonds. The van der Waals surface area contributed by atoms with E-state index in [0.29, 0.717) is 0 Å². The van der Waals surface area contributed by atoms with Crippen LogP contribution in [0.5, 0.6) is 0 Å². The van der Waals surface area contributed by atoms with E-state index in [-0.39, 0.29) is 5.91 Å². The molecule has 0 bridgehead atoms. The van der Waals surface area contributed by atoms with Crippen LogP contribution in [-0.2, 0) is 4.79 Å². The molecule has 0 spiro atoms. The van der Waals surface area contributed by atoms with Crippen molar-refractivity contribution in [2.75, 3.05) is 6.54 Å². The van der Waals surface area contributed by atoms with Crippen LogP contribution in [0.3, 0.4) is 0 Å². The van der Waals surface area contributed by atoms with E-state index < -0.39 is 5.80 Å². The van der Waals surface area contributed by atoms with Gasteiger partial charge < -0.3 is 0 Å². The Hall–Kier alpha value is 1.74. The number of carbonyl (C=O) groups is 1. The summed E-state index contributed by atoms with van der Waals surface area (Å²) in [5.74, 6) is 0.0507. The Morgan fingerprint density at radius 2 is 1.61 bits per heavy atom. The van der Waals surface area contributed by atoms with Crippen molar-refractivity contribution in [2.45, 2.75) is 51.2 Å². The summed E-state index contributed by atoms with van der Waals surface area (Å²) in [6.45, 7) is 3.02. The molecule has 0 aromatic heterocycles. The number of nitrogens with zero attached hydrogens (tertiary/aromatic N) is 1. The number of alkyl halides is 4. The predicted octanol–water partition coefficient (Wildman–Crippen LogP) is 5.77. The highest BCUT2D eigenvalue weighted by molar-refractivity contribution is 9.32. The first-order chi connectivity index (χ1) is 8.33. The topological polar surface area (TPSA) is 20.3 Å². The van der Waals surface area contributed by atoms with E-state index in [2.05, 4.69) is 70.6 Å². The predicted molar refractivity (Wildman–Crippen MR) is 93.9 cm³/mol. The minimum absolute atomic E-state index is 0.0507. The van der Waals surface area contributed by atoms with Gasteiger partial charge in [0.25, 0.3) is 5.91 Å². The summed E-state index contributed by atoms with van der Waals surface area (Å²) >= 11 is 15.3. The van der Waals surface area contributed by atoms with Crippen molar-refractivity contribution in [1.29, 1.82) is 0 Å². The third kappa shape index (κ3) is 4.37. The van der Waals surface area contributed by atoms with Crippen molar-refractivity contribution in [3.05, 3.63) is 0 Å². The van der Waals surface area contributed by atoms with E-state index in [1.165, 1.54) is 44.1 Å². The fraction of sp³-hybridized carbons (Fsp3) is 0.909. The summed E-state index contributed by atoms with van der Waals surface area (Å²) in [6, 6.07) is 0. The van der Waals surface area contributed by atoms with Crippen LogP contribution in [0, 0.1) is 0 Å². The Morgan fingerprint density at radius 1 is 1.06 bits per heavy atom. The quantitative estimate of drug-likeness (QED) is 0.237. The second kappa shape index (κ2) is 7.66. The lowest BCUT2D eigenvalue weighted by molar-refractivity contribution is -0.124. The zero-order chi connectivity index (χ0) is 13.8. The maximum atomic E-state index is 12.2. The van der Waals surface area contributed by atoms with Crippen LogP contribution in [0.25, 0.3) is 0 Å². The average Bonchev–Trinajstić information content (AvgIpc) is 2.44. The van der Waals surface area contributed by atoms with Crippen LogP contribution in [0.1, 0.15) is 45.4 Å². The van der Waals surface area contributed by atoms with Crippen molar-refractivity contribution in [2.24, 2.45) is 0 Å². The maximum Gasteiger partial charge on any atom is 0.263 e. The molecule has 1 rings (SSSR count). The van der Waals surface area contributed by atoms with Gasteiger partial charge >= 0.3 is 0 Å². The van der Waals surface area contributed by atoms with E-state index >= 15 is 0 Å². The van der Waals surface area contributed by atoms with Crippen molar-refractivity contribution < 1.29 is 4.79 Å². The van der Waals surface area contributed by atoms with Gasteiger partial charge in [0.1, 0.15) is 0 Å². The lowest BCUT2D eigenvalue weighted by Gasteiger charge is -2.20. The van der Waals surface area contributed by atoms with Gasteiger partial charge in [-0.15, -0.1) is 0 Å². The Bertz CT molecular complexity index is 299. The minimum Gasteiger partial charge on any atom is -0.282 e. The van der Waals surface area contributed by atoms with Crippen molar-refractivity contribution >= 4 is 81.6 Å². The van der Waals surface area contributed by atoms with Crippen molar-refractivity contribution in [1.82, 2.24) is 4.31 Å². The highest BCUT2D eigenvalue weighted by atomic mass is 79.9. The molecule has 1 saturated heterocycles. The first-order valence-corrected chi connectivity index (χ1v) is 10.0. The van der Waals surface area contributed by atoms with E-state index in [4.69, 9.17) is 0 Å². The molecule has 18 heavy (non-hydrogen) atoms. The number of rotatable bonds is 7. The van der Waals surface area contributed by atoms with Crippen LogP contribution < -0.4 is 0 Å². The molecule has 1 aliphatic rings. The molecule has 0 aromatic carbocycles. The normalized spacial score (nSPS) is 21.6. The lowest BCUT2D eigenvalue weighted by atomic mass is 10.1. The number of hydrogen-bond acceptors (Lipinski definition) is 2. The number of carbonyl (C=O) groups excluding carboxylic acids is 1. The Kier molecular flexibility index (Phi) is 7.58. The molecule has 1 fully saturated rings. The zero-order valence-corrected chi connectivity index (χ0v) is 17.4. The average molecular weight is 531 g/mol. The molecular formula is C11H17Br4NOS. The fourth-order valence-electron chi connectivity index (χ4n) is 1.70. The summed E-state index contributed by atoms with van der Waals surface area (Å²) in [6.07, 6.45) is 7.41. The van der Waals surface area contributed by atoms with Crippen molar-refractivity contribution in [3.8, 4) is 0 Å². The van der Waals surface area contributed by atoms with E-state index in [1.54, 1.807) is 0 Å². The minimum atomic E-state index is -0.778. The van der Waals surface area contributed by atoms with Gasteiger partial charge in [-0.1, -0.05) is 103 Å². The van der Waals surface area contributed by atoms with E-state index in [0.717, 1.165) is 13.0 Å². The monoisotopic (exact) mass is 527 g/mol. The summed E-state index contributed by atoms with van der Waals surface area (Å²) in [5.41, 5.74) is 0. The van der Waals surface area contributed by atoms with Crippen LogP contribution in [-0.4, -0.2) is 22.6 Å². The lowest BCUT2D eigenvalue weighted by Crippen LogP contribution is -2.35. The SMILES string of the molecule is CCCCCCCCN1SC(Br)(Br)C(Br)(Br)C1=O. The summed E-state index contributed by atoms with van der Waals surface area (Å²) in [4.78, 5) is 12.2.